The molecule has 0 atom stereocenters. The van der Waals surface area contributed by atoms with Gasteiger partial charge in [-0.1, -0.05) is 46.9 Å². The standard InChI is InChI=1S/C13H9Cl3N2O2/c14-10-5-4-9(6-12(10)18(19)20)17-7-8-2-1-3-11(15)13(8)16/h1-6,17H,7H2. The van der Waals surface area contributed by atoms with E-state index in [-0.39, 0.29) is 10.7 Å². The van der Waals surface area contributed by atoms with Crippen molar-refractivity contribution in [3.05, 3.63) is 67.1 Å². The molecule has 104 valence electrons. The van der Waals surface area contributed by atoms with E-state index in [0.717, 1.165) is 5.56 Å². The van der Waals surface area contributed by atoms with Crippen molar-refractivity contribution in [2.45, 2.75) is 6.54 Å². The van der Waals surface area contributed by atoms with Crippen LogP contribution in [0.4, 0.5) is 11.4 Å². The van der Waals surface area contributed by atoms with Crippen molar-refractivity contribution in [1.29, 1.82) is 0 Å². The lowest BCUT2D eigenvalue weighted by atomic mass is 10.2. The van der Waals surface area contributed by atoms with Gasteiger partial charge in [-0.3, -0.25) is 10.1 Å². The van der Waals surface area contributed by atoms with E-state index in [4.69, 9.17) is 34.8 Å². The predicted octanol–water partition coefficient (Wildman–Crippen LogP) is 5.17. The van der Waals surface area contributed by atoms with Gasteiger partial charge in [0.15, 0.2) is 0 Å². The minimum absolute atomic E-state index is 0.0985. The molecule has 2 aromatic carbocycles. The summed E-state index contributed by atoms with van der Waals surface area (Å²) in [5.74, 6) is 0. The molecule has 0 saturated heterocycles. The Balaban J connectivity index is 2.17. The molecule has 20 heavy (non-hydrogen) atoms. The molecule has 0 amide bonds. The average molecular weight is 332 g/mol. The maximum Gasteiger partial charge on any atom is 0.289 e. The van der Waals surface area contributed by atoms with Crippen LogP contribution < -0.4 is 5.32 Å². The third kappa shape index (κ3) is 3.33. The summed E-state index contributed by atoms with van der Waals surface area (Å²) in [5, 5.41) is 14.9. The van der Waals surface area contributed by atoms with Crippen LogP contribution in [-0.2, 0) is 6.54 Å². The summed E-state index contributed by atoms with van der Waals surface area (Å²) in [6, 6.07) is 9.82. The number of hydrogen-bond donors (Lipinski definition) is 1. The van der Waals surface area contributed by atoms with Gasteiger partial charge in [0.25, 0.3) is 5.69 Å². The lowest BCUT2D eigenvalue weighted by molar-refractivity contribution is -0.384. The monoisotopic (exact) mass is 330 g/mol. The molecule has 0 aliphatic carbocycles. The van der Waals surface area contributed by atoms with Crippen LogP contribution in [0.2, 0.25) is 15.1 Å². The van der Waals surface area contributed by atoms with E-state index < -0.39 is 4.92 Å². The number of benzene rings is 2. The number of hydrogen-bond acceptors (Lipinski definition) is 3. The zero-order valence-electron chi connectivity index (χ0n) is 10.1. The predicted molar refractivity (Wildman–Crippen MR) is 81.9 cm³/mol. The first-order valence-corrected chi connectivity index (χ1v) is 6.73. The third-order valence-corrected chi connectivity index (χ3v) is 3.84. The largest absolute Gasteiger partial charge is 0.381 e. The van der Waals surface area contributed by atoms with Crippen molar-refractivity contribution in [3.63, 3.8) is 0 Å². The van der Waals surface area contributed by atoms with Gasteiger partial charge in [-0.15, -0.1) is 0 Å². The van der Waals surface area contributed by atoms with Gasteiger partial charge >= 0.3 is 0 Å². The molecule has 0 aliphatic rings. The Morgan fingerprint density at radius 2 is 1.85 bits per heavy atom. The first-order valence-electron chi connectivity index (χ1n) is 5.59. The van der Waals surface area contributed by atoms with E-state index in [1.165, 1.54) is 12.1 Å². The fourth-order valence-electron chi connectivity index (χ4n) is 1.64. The summed E-state index contributed by atoms with van der Waals surface area (Å²) in [6.07, 6.45) is 0. The highest BCUT2D eigenvalue weighted by Gasteiger charge is 2.12. The quantitative estimate of drug-likeness (QED) is 0.621. The summed E-state index contributed by atoms with van der Waals surface area (Å²) in [4.78, 5) is 10.3. The Bertz CT molecular complexity index is 662. The molecule has 4 nitrogen and oxygen atoms in total. The molecule has 0 heterocycles. The van der Waals surface area contributed by atoms with E-state index in [1.807, 2.05) is 6.07 Å². The minimum atomic E-state index is -0.528. The van der Waals surface area contributed by atoms with Crippen molar-refractivity contribution >= 4 is 46.2 Å². The highest BCUT2D eigenvalue weighted by Crippen LogP contribution is 2.29. The second-order valence-corrected chi connectivity index (χ2v) is 5.18. The zero-order chi connectivity index (χ0) is 14.7. The Morgan fingerprint density at radius 3 is 2.55 bits per heavy atom. The van der Waals surface area contributed by atoms with Crippen molar-refractivity contribution in [3.8, 4) is 0 Å². The second-order valence-electron chi connectivity index (χ2n) is 3.99. The fourth-order valence-corrected chi connectivity index (χ4v) is 2.22. The van der Waals surface area contributed by atoms with Crippen LogP contribution in [0.1, 0.15) is 5.56 Å². The van der Waals surface area contributed by atoms with Crippen molar-refractivity contribution in [2.24, 2.45) is 0 Å². The molecular weight excluding hydrogens is 323 g/mol. The molecule has 2 rings (SSSR count). The highest BCUT2D eigenvalue weighted by atomic mass is 35.5. The van der Waals surface area contributed by atoms with Gasteiger partial charge < -0.3 is 5.32 Å². The molecule has 0 spiro atoms. The molecule has 0 aliphatic heterocycles. The first-order chi connectivity index (χ1) is 9.49. The molecule has 7 heteroatoms. The lowest BCUT2D eigenvalue weighted by Crippen LogP contribution is -2.01. The number of halogens is 3. The Labute approximate surface area is 130 Å². The van der Waals surface area contributed by atoms with Crippen molar-refractivity contribution in [1.82, 2.24) is 0 Å². The van der Waals surface area contributed by atoms with Gasteiger partial charge in [0.2, 0.25) is 0 Å². The van der Waals surface area contributed by atoms with Gasteiger partial charge in [0.05, 0.1) is 15.0 Å². The van der Waals surface area contributed by atoms with Crippen LogP contribution in [-0.4, -0.2) is 4.92 Å². The maximum absolute atomic E-state index is 10.8. The van der Waals surface area contributed by atoms with Crippen LogP contribution in [0.15, 0.2) is 36.4 Å². The molecule has 0 fully saturated rings. The van der Waals surface area contributed by atoms with E-state index in [0.29, 0.717) is 22.3 Å². The van der Waals surface area contributed by atoms with Gasteiger partial charge in [-0.05, 0) is 23.8 Å². The molecule has 0 saturated carbocycles. The molecule has 0 radical (unpaired) electrons. The Kier molecular flexibility index (Phi) is 4.70. The number of nitro groups is 1. The average Bonchev–Trinajstić information content (AvgIpc) is 2.41. The smallest absolute Gasteiger partial charge is 0.289 e. The Hall–Kier alpha value is -1.49. The highest BCUT2D eigenvalue weighted by molar-refractivity contribution is 6.42. The number of nitrogens with one attached hydrogen (secondary N) is 1. The van der Waals surface area contributed by atoms with E-state index in [1.54, 1.807) is 18.2 Å². The SMILES string of the molecule is O=[N+]([O-])c1cc(NCc2cccc(Cl)c2Cl)ccc1Cl. The molecule has 1 N–H and O–H groups in total. The van der Waals surface area contributed by atoms with Crippen molar-refractivity contribution in [2.75, 3.05) is 5.32 Å². The number of anilines is 1. The normalized spacial score (nSPS) is 10.3. The van der Waals surface area contributed by atoms with Gasteiger partial charge in [0, 0.05) is 18.3 Å². The number of rotatable bonds is 4. The Morgan fingerprint density at radius 1 is 1.10 bits per heavy atom. The van der Waals surface area contributed by atoms with Gasteiger partial charge in [-0.25, -0.2) is 0 Å². The molecule has 0 bridgehead atoms. The minimum Gasteiger partial charge on any atom is -0.381 e. The molecule has 2 aromatic rings. The second kappa shape index (κ2) is 6.31. The third-order valence-electron chi connectivity index (χ3n) is 2.66. The van der Waals surface area contributed by atoms with E-state index in [9.17, 15) is 10.1 Å². The zero-order valence-corrected chi connectivity index (χ0v) is 12.3. The van der Waals surface area contributed by atoms with E-state index >= 15 is 0 Å². The maximum atomic E-state index is 10.8. The van der Waals surface area contributed by atoms with Crippen LogP contribution in [0.25, 0.3) is 0 Å². The summed E-state index contributed by atoms with van der Waals surface area (Å²) in [6.45, 7) is 0.401. The first kappa shape index (κ1) is 14.9. The fraction of sp³-hybridized carbons (Fsp3) is 0.0769. The van der Waals surface area contributed by atoms with Crippen LogP contribution in [0.3, 0.4) is 0 Å². The topological polar surface area (TPSA) is 55.2 Å². The number of nitrogens with zero attached hydrogens (tertiary/aromatic N) is 1. The summed E-state index contributed by atoms with van der Waals surface area (Å²) in [7, 11) is 0. The van der Waals surface area contributed by atoms with E-state index in [2.05, 4.69) is 5.32 Å². The van der Waals surface area contributed by atoms with Crippen LogP contribution in [0.5, 0.6) is 0 Å². The molecular formula is C13H9Cl3N2O2. The van der Waals surface area contributed by atoms with Crippen molar-refractivity contribution < 1.29 is 4.92 Å². The molecule has 0 aromatic heterocycles. The summed E-state index contributed by atoms with van der Waals surface area (Å²) >= 11 is 17.7. The summed E-state index contributed by atoms with van der Waals surface area (Å²) < 4.78 is 0. The van der Waals surface area contributed by atoms with Gasteiger partial charge in [0.1, 0.15) is 5.02 Å². The van der Waals surface area contributed by atoms with Gasteiger partial charge in [-0.2, -0.15) is 0 Å². The van der Waals surface area contributed by atoms with Crippen LogP contribution in [0, 0.1) is 10.1 Å². The van der Waals surface area contributed by atoms with Crippen LogP contribution >= 0.6 is 34.8 Å². The summed E-state index contributed by atoms with van der Waals surface area (Å²) in [5.41, 5.74) is 1.24. The molecule has 0 unspecified atom stereocenters. The number of nitro benzene ring substituents is 1. The lowest BCUT2D eigenvalue weighted by Gasteiger charge is -2.09.